The molecule has 0 aliphatic rings. The van der Waals surface area contributed by atoms with Crippen LogP contribution in [-0.2, 0) is 6.54 Å². The summed E-state index contributed by atoms with van der Waals surface area (Å²) in [5, 5.41) is 7.78. The molecule has 5 heteroatoms. The highest BCUT2D eigenvalue weighted by Crippen LogP contribution is 2.30. The summed E-state index contributed by atoms with van der Waals surface area (Å²) in [4.78, 5) is 11.0. The van der Waals surface area contributed by atoms with E-state index >= 15 is 0 Å². The summed E-state index contributed by atoms with van der Waals surface area (Å²) in [7, 11) is 1.58. The fourth-order valence-electron chi connectivity index (χ4n) is 1.77. The first kappa shape index (κ1) is 12.0. The Balaban J connectivity index is 2.64. The SMILES string of the molecule is C=CCn1nnc(C=O)c1-c1ccccc1OC. The van der Waals surface area contributed by atoms with Gasteiger partial charge in [-0.15, -0.1) is 11.7 Å². The Morgan fingerprint density at radius 1 is 1.44 bits per heavy atom. The van der Waals surface area contributed by atoms with Crippen molar-refractivity contribution in [3.05, 3.63) is 42.6 Å². The Labute approximate surface area is 105 Å². The summed E-state index contributed by atoms with van der Waals surface area (Å²) < 4.78 is 6.91. The van der Waals surface area contributed by atoms with Crippen LogP contribution in [0.5, 0.6) is 5.75 Å². The monoisotopic (exact) mass is 243 g/mol. The Morgan fingerprint density at radius 2 is 2.22 bits per heavy atom. The second kappa shape index (κ2) is 5.27. The van der Waals surface area contributed by atoms with Crippen molar-refractivity contribution in [2.75, 3.05) is 7.11 Å². The molecule has 1 aromatic carbocycles. The molecule has 0 aliphatic heterocycles. The number of rotatable bonds is 5. The lowest BCUT2D eigenvalue weighted by atomic mass is 10.1. The number of methoxy groups -OCH3 is 1. The zero-order chi connectivity index (χ0) is 13.0. The van der Waals surface area contributed by atoms with Gasteiger partial charge in [0.15, 0.2) is 12.0 Å². The predicted octanol–water partition coefficient (Wildman–Crippen LogP) is 1.95. The van der Waals surface area contributed by atoms with Gasteiger partial charge in [0.2, 0.25) is 0 Å². The second-order valence-corrected chi connectivity index (χ2v) is 3.61. The molecule has 1 heterocycles. The molecule has 5 nitrogen and oxygen atoms in total. The molecule has 18 heavy (non-hydrogen) atoms. The van der Waals surface area contributed by atoms with Gasteiger partial charge >= 0.3 is 0 Å². The zero-order valence-corrected chi connectivity index (χ0v) is 10.0. The lowest BCUT2D eigenvalue weighted by Gasteiger charge is -2.09. The van der Waals surface area contributed by atoms with E-state index in [1.165, 1.54) is 0 Å². The number of hydrogen-bond donors (Lipinski definition) is 0. The van der Waals surface area contributed by atoms with Crippen LogP contribution in [0.3, 0.4) is 0 Å². The van der Waals surface area contributed by atoms with Gasteiger partial charge in [0.25, 0.3) is 0 Å². The molecule has 0 saturated carbocycles. The van der Waals surface area contributed by atoms with Gasteiger partial charge in [0.1, 0.15) is 11.4 Å². The summed E-state index contributed by atoms with van der Waals surface area (Å²) in [5.74, 6) is 0.674. The number of nitrogens with zero attached hydrogens (tertiary/aromatic N) is 3. The zero-order valence-electron chi connectivity index (χ0n) is 10.0. The van der Waals surface area contributed by atoms with Gasteiger partial charge in [-0.25, -0.2) is 4.68 Å². The number of aromatic nitrogens is 3. The number of aldehydes is 1. The van der Waals surface area contributed by atoms with Crippen LogP contribution in [0, 0.1) is 0 Å². The number of ether oxygens (including phenoxy) is 1. The number of para-hydroxylation sites is 1. The van der Waals surface area contributed by atoms with Crippen LogP contribution in [0.15, 0.2) is 36.9 Å². The molecule has 0 bridgehead atoms. The summed E-state index contributed by atoms with van der Waals surface area (Å²) in [5.41, 5.74) is 1.72. The maximum absolute atomic E-state index is 11.0. The number of hydrogen-bond acceptors (Lipinski definition) is 4. The first-order chi connectivity index (χ1) is 8.81. The van der Waals surface area contributed by atoms with Gasteiger partial charge in [-0.1, -0.05) is 23.4 Å². The highest BCUT2D eigenvalue weighted by molar-refractivity contribution is 5.85. The molecule has 0 fully saturated rings. The van der Waals surface area contributed by atoms with Crippen LogP contribution < -0.4 is 4.74 Å². The van der Waals surface area contributed by atoms with Crippen molar-refractivity contribution < 1.29 is 9.53 Å². The van der Waals surface area contributed by atoms with E-state index in [1.807, 2.05) is 24.3 Å². The molecule has 0 amide bonds. The predicted molar refractivity (Wildman–Crippen MR) is 67.6 cm³/mol. The van der Waals surface area contributed by atoms with Crippen LogP contribution in [-0.4, -0.2) is 28.4 Å². The van der Waals surface area contributed by atoms with E-state index in [-0.39, 0.29) is 0 Å². The molecule has 0 N–H and O–H groups in total. The fraction of sp³-hybridized carbons (Fsp3) is 0.154. The van der Waals surface area contributed by atoms with Gasteiger partial charge in [0, 0.05) is 5.56 Å². The quantitative estimate of drug-likeness (QED) is 0.595. The third-order valence-corrected chi connectivity index (χ3v) is 2.54. The number of benzene rings is 1. The third-order valence-electron chi connectivity index (χ3n) is 2.54. The van der Waals surface area contributed by atoms with E-state index in [9.17, 15) is 4.79 Å². The standard InChI is InChI=1S/C13H13N3O2/c1-3-8-16-13(11(9-17)14-15-16)10-6-4-5-7-12(10)18-2/h3-7,9H,1,8H2,2H3. The summed E-state index contributed by atoms with van der Waals surface area (Å²) in [6.45, 7) is 4.14. The van der Waals surface area contributed by atoms with Crippen molar-refractivity contribution in [2.24, 2.45) is 0 Å². The Bertz CT molecular complexity index is 575. The van der Waals surface area contributed by atoms with Crippen molar-refractivity contribution in [3.63, 3.8) is 0 Å². The van der Waals surface area contributed by atoms with Crippen LogP contribution in [0.25, 0.3) is 11.3 Å². The van der Waals surface area contributed by atoms with Gasteiger partial charge in [-0.3, -0.25) is 4.79 Å². The van der Waals surface area contributed by atoms with Crippen LogP contribution in [0.2, 0.25) is 0 Å². The minimum absolute atomic E-state index is 0.293. The Kier molecular flexibility index (Phi) is 3.52. The Hall–Kier alpha value is -2.43. The molecule has 2 rings (SSSR count). The molecule has 0 aliphatic carbocycles. The number of carbonyl (C=O) groups is 1. The largest absolute Gasteiger partial charge is 0.496 e. The molecular weight excluding hydrogens is 230 g/mol. The first-order valence-corrected chi connectivity index (χ1v) is 5.44. The maximum Gasteiger partial charge on any atom is 0.172 e. The normalized spacial score (nSPS) is 10.1. The molecule has 0 spiro atoms. The lowest BCUT2D eigenvalue weighted by molar-refractivity contribution is 0.111. The molecule has 0 unspecified atom stereocenters. The topological polar surface area (TPSA) is 57.0 Å². The van der Waals surface area contributed by atoms with Gasteiger partial charge in [-0.05, 0) is 12.1 Å². The van der Waals surface area contributed by atoms with E-state index in [4.69, 9.17) is 4.74 Å². The van der Waals surface area contributed by atoms with E-state index in [1.54, 1.807) is 17.9 Å². The van der Waals surface area contributed by atoms with Gasteiger partial charge in [0.05, 0.1) is 13.7 Å². The number of carbonyl (C=O) groups excluding carboxylic acids is 1. The highest BCUT2D eigenvalue weighted by Gasteiger charge is 2.16. The Morgan fingerprint density at radius 3 is 2.89 bits per heavy atom. The molecule has 0 saturated heterocycles. The van der Waals surface area contributed by atoms with Crippen LogP contribution in [0.4, 0.5) is 0 Å². The van der Waals surface area contributed by atoms with Crippen molar-refractivity contribution in [2.45, 2.75) is 6.54 Å². The van der Waals surface area contributed by atoms with Crippen molar-refractivity contribution in [1.82, 2.24) is 15.0 Å². The van der Waals surface area contributed by atoms with E-state index < -0.39 is 0 Å². The third kappa shape index (κ3) is 2.02. The van der Waals surface area contributed by atoms with Crippen molar-refractivity contribution >= 4 is 6.29 Å². The average molecular weight is 243 g/mol. The molecule has 0 atom stereocenters. The van der Waals surface area contributed by atoms with Crippen molar-refractivity contribution in [1.29, 1.82) is 0 Å². The smallest absolute Gasteiger partial charge is 0.172 e. The summed E-state index contributed by atoms with van der Waals surface area (Å²) >= 11 is 0. The van der Waals surface area contributed by atoms with Gasteiger partial charge in [-0.2, -0.15) is 0 Å². The fourth-order valence-corrected chi connectivity index (χ4v) is 1.77. The molecular formula is C13H13N3O2. The van der Waals surface area contributed by atoms with Gasteiger partial charge < -0.3 is 4.74 Å². The van der Waals surface area contributed by atoms with Crippen molar-refractivity contribution in [3.8, 4) is 17.0 Å². The first-order valence-electron chi connectivity index (χ1n) is 5.44. The maximum atomic E-state index is 11.0. The van der Waals surface area contributed by atoms with Crippen LogP contribution >= 0.6 is 0 Å². The summed E-state index contributed by atoms with van der Waals surface area (Å²) in [6.07, 6.45) is 2.39. The summed E-state index contributed by atoms with van der Waals surface area (Å²) in [6, 6.07) is 7.43. The molecule has 1 aromatic heterocycles. The molecule has 2 aromatic rings. The van der Waals surface area contributed by atoms with E-state index in [0.717, 1.165) is 5.56 Å². The molecule has 0 radical (unpaired) electrons. The lowest BCUT2D eigenvalue weighted by Crippen LogP contribution is -2.02. The highest BCUT2D eigenvalue weighted by atomic mass is 16.5. The van der Waals surface area contributed by atoms with Crippen LogP contribution in [0.1, 0.15) is 10.5 Å². The minimum atomic E-state index is 0.293. The number of allylic oxidation sites excluding steroid dienone is 1. The van der Waals surface area contributed by atoms with E-state index in [0.29, 0.717) is 30.0 Å². The van der Waals surface area contributed by atoms with E-state index in [2.05, 4.69) is 16.9 Å². The second-order valence-electron chi connectivity index (χ2n) is 3.61. The average Bonchev–Trinajstić information content (AvgIpc) is 2.82. The molecule has 92 valence electrons. The minimum Gasteiger partial charge on any atom is -0.496 e.